The predicted molar refractivity (Wildman–Crippen MR) is 132 cm³/mol. The third kappa shape index (κ3) is 6.25. The van der Waals surface area contributed by atoms with Crippen LogP contribution < -0.4 is 9.47 Å². The van der Waals surface area contributed by atoms with E-state index in [2.05, 4.69) is 9.89 Å². The third-order valence-electron chi connectivity index (χ3n) is 5.79. The van der Waals surface area contributed by atoms with Crippen LogP contribution in [-0.4, -0.2) is 72.4 Å². The molecule has 8 nitrogen and oxygen atoms in total. The van der Waals surface area contributed by atoms with Gasteiger partial charge < -0.3 is 19.5 Å². The van der Waals surface area contributed by atoms with Gasteiger partial charge in [-0.1, -0.05) is 6.07 Å². The highest BCUT2D eigenvalue weighted by Gasteiger charge is 2.35. The number of piperazine rings is 1. The van der Waals surface area contributed by atoms with E-state index >= 15 is 0 Å². The maximum atomic E-state index is 13.5. The molecule has 0 radical (unpaired) electrons. The maximum Gasteiger partial charge on any atom is 0.420 e. The first-order valence-corrected chi connectivity index (χ1v) is 12.1. The molecule has 0 bridgehead atoms. The number of nitriles is 1. The summed E-state index contributed by atoms with van der Waals surface area (Å²) >= 11 is 1.26. The van der Waals surface area contributed by atoms with Crippen LogP contribution in [0.3, 0.4) is 0 Å². The Hall–Kier alpha value is -3.53. The molecule has 0 spiro atoms. The summed E-state index contributed by atoms with van der Waals surface area (Å²) in [7, 11) is 1.36. The molecule has 2 heterocycles. The summed E-state index contributed by atoms with van der Waals surface area (Å²) in [5.74, 6) is -0.620. The predicted octanol–water partition coefficient (Wildman–Crippen LogP) is 3.96. The van der Waals surface area contributed by atoms with Gasteiger partial charge in [0.05, 0.1) is 35.8 Å². The largest absolute Gasteiger partial charge is 0.493 e. The van der Waals surface area contributed by atoms with E-state index in [9.17, 15) is 18.0 Å². The second-order valence-electron chi connectivity index (χ2n) is 8.20. The van der Waals surface area contributed by atoms with Gasteiger partial charge in [0.15, 0.2) is 16.7 Å². The molecular formula is C25H23F3N4O4S. The highest BCUT2D eigenvalue weighted by atomic mass is 32.2. The van der Waals surface area contributed by atoms with Crippen molar-refractivity contribution in [1.82, 2.24) is 9.80 Å². The molecule has 2 aliphatic rings. The quantitative estimate of drug-likeness (QED) is 0.559. The minimum Gasteiger partial charge on any atom is -0.493 e. The van der Waals surface area contributed by atoms with Crippen LogP contribution in [0.4, 0.5) is 13.2 Å². The number of rotatable bonds is 6. The smallest absolute Gasteiger partial charge is 0.420 e. The molecule has 1 fully saturated rings. The molecule has 2 aromatic carbocycles. The van der Waals surface area contributed by atoms with Crippen molar-refractivity contribution in [2.75, 3.05) is 46.4 Å². The first-order valence-electron chi connectivity index (χ1n) is 11.3. The first kappa shape index (κ1) is 26.5. The summed E-state index contributed by atoms with van der Waals surface area (Å²) in [5.41, 5.74) is -0.629. The summed E-state index contributed by atoms with van der Waals surface area (Å²) in [5, 5.41) is 18.7. The molecule has 12 heteroatoms. The van der Waals surface area contributed by atoms with Crippen molar-refractivity contribution >= 4 is 28.9 Å². The van der Waals surface area contributed by atoms with Gasteiger partial charge in [-0.2, -0.15) is 23.4 Å². The van der Waals surface area contributed by atoms with Gasteiger partial charge in [0.1, 0.15) is 5.75 Å². The molecule has 0 atom stereocenters. The molecule has 0 aromatic heterocycles. The van der Waals surface area contributed by atoms with Crippen LogP contribution >= 0.6 is 11.8 Å². The summed E-state index contributed by atoms with van der Waals surface area (Å²) in [6, 6.07) is 9.36. The van der Waals surface area contributed by atoms with Crippen LogP contribution in [0.25, 0.3) is 6.08 Å². The number of aliphatic hydroxyl groups is 1. The number of alkyl halides is 3. The van der Waals surface area contributed by atoms with Gasteiger partial charge in [0.2, 0.25) is 0 Å². The van der Waals surface area contributed by atoms with Gasteiger partial charge in [0, 0.05) is 32.7 Å². The van der Waals surface area contributed by atoms with Gasteiger partial charge in [0.25, 0.3) is 5.91 Å². The van der Waals surface area contributed by atoms with E-state index in [4.69, 9.17) is 19.8 Å². The number of hydrogen-bond acceptors (Lipinski definition) is 8. The summed E-state index contributed by atoms with van der Waals surface area (Å²) in [4.78, 5) is 21.3. The molecule has 0 saturated carbocycles. The Balaban J connectivity index is 1.50. The molecular weight excluding hydrogens is 509 g/mol. The van der Waals surface area contributed by atoms with Crippen molar-refractivity contribution in [1.29, 1.82) is 5.26 Å². The Bertz CT molecular complexity index is 1280. The second-order valence-corrected chi connectivity index (χ2v) is 9.20. The van der Waals surface area contributed by atoms with Crippen LogP contribution in [0.5, 0.6) is 17.2 Å². The van der Waals surface area contributed by atoms with Crippen molar-refractivity contribution in [3.8, 4) is 23.3 Å². The number of ether oxygens (including phenoxy) is 2. The number of carbonyl (C=O) groups is 1. The maximum absolute atomic E-state index is 13.5. The summed E-state index contributed by atoms with van der Waals surface area (Å²) < 4.78 is 51.4. The van der Waals surface area contributed by atoms with E-state index in [-0.39, 0.29) is 29.6 Å². The monoisotopic (exact) mass is 532 g/mol. The van der Waals surface area contributed by atoms with Crippen LogP contribution in [0.2, 0.25) is 0 Å². The first-order chi connectivity index (χ1) is 17.7. The molecule has 1 saturated heterocycles. The number of β-amino-alcohol motifs (C(OH)–C–C–N with tert-alkyl or cyclic N) is 1. The lowest BCUT2D eigenvalue weighted by Gasteiger charge is -2.34. The van der Waals surface area contributed by atoms with Crippen molar-refractivity contribution < 1.29 is 32.5 Å². The van der Waals surface area contributed by atoms with Crippen molar-refractivity contribution in [2.24, 2.45) is 4.99 Å². The fourth-order valence-electron chi connectivity index (χ4n) is 3.88. The zero-order chi connectivity index (χ0) is 26.6. The molecule has 2 aliphatic heterocycles. The average molecular weight is 533 g/mol. The number of aliphatic hydroxyl groups excluding tert-OH is 1. The fourth-order valence-corrected chi connectivity index (χ4v) is 4.84. The van der Waals surface area contributed by atoms with Crippen molar-refractivity contribution in [2.45, 2.75) is 6.18 Å². The fraction of sp³-hybridized carbons (Fsp3) is 0.320. The lowest BCUT2D eigenvalue weighted by Crippen LogP contribution is -2.48. The second kappa shape index (κ2) is 11.2. The number of methoxy groups -OCH3 is 1. The normalized spacial score (nSPS) is 17.6. The zero-order valence-corrected chi connectivity index (χ0v) is 20.6. The van der Waals surface area contributed by atoms with Crippen LogP contribution in [0.1, 0.15) is 16.7 Å². The molecule has 194 valence electrons. The number of amidine groups is 1. The Morgan fingerprint density at radius 1 is 1.14 bits per heavy atom. The van der Waals surface area contributed by atoms with Gasteiger partial charge >= 0.3 is 6.18 Å². The Morgan fingerprint density at radius 3 is 2.51 bits per heavy atom. The Morgan fingerprint density at radius 2 is 1.86 bits per heavy atom. The van der Waals surface area contributed by atoms with Gasteiger partial charge in [-0.25, -0.2) is 0 Å². The minimum absolute atomic E-state index is 0.0444. The number of benzene rings is 2. The summed E-state index contributed by atoms with van der Waals surface area (Å²) in [6.45, 7) is 3.64. The van der Waals surface area contributed by atoms with Crippen LogP contribution in [-0.2, 0) is 11.0 Å². The zero-order valence-electron chi connectivity index (χ0n) is 19.8. The molecule has 0 unspecified atom stereocenters. The average Bonchev–Trinajstić information content (AvgIpc) is 3.25. The lowest BCUT2D eigenvalue weighted by atomic mass is 10.1. The number of thioether (sulfide) groups is 1. The number of nitrogens with zero attached hydrogens (tertiary/aromatic N) is 4. The summed E-state index contributed by atoms with van der Waals surface area (Å²) in [6.07, 6.45) is -3.08. The van der Waals surface area contributed by atoms with Gasteiger partial charge in [-0.3, -0.25) is 9.69 Å². The van der Waals surface area contributed by atoms with Crippen molar-refractivity contribution in [3.05, 3.63) is 58.0 Å². The van der Waals surface area contributed by atoms with E-state index in [0.29, 0.717) is 35.3 Å². The Kier molecular flexibility index (Phi) is 8.06. The number of amides is 1. The van der Waals surface area contributed by atoms with Crippen molar-refractivity contribution in [3.63, 3.8) is 0 Å². The van der Waals surface area contributed by atoms with E-state index in [1.54, 1.807) is 24.3 Å². The molecule has 1 amide bonds. The number of hydrogen-bond donors (Lipinski definition) is 1. The number of carbonyl (C=O) groups excluding carboxylic acids is 1. The van der Waals surface area contributed by atoms with E-state index in [1.807, 2.05) is 4.90 Å². The molecule has 0 aliphatic carbocycles. The van der Waals surface area contributed by atoms with Gasteiger partial charge in [-0.15, -0.1) is 0 Å². The van der Waals surface area contributed by atoms with E-state index < -0.39 is 17.5 Å². The van der Waals surface area contributed by atoms with Gasteiger partial charge in [-0.05, 0) is 53.7 Å². The van der Waals surface area contributed by atoms with E-state index in [0.717, 1.165) is 25.2 Å². The van der Waals surface area contributed by atoms with Crippen LogP contribution in [0, 0.1) is 11.3 Å². The number of aliphatic imine (C=N–C) groups is 1. The topological polar surface area (TPSA) is 98.4 Å². The SMILES string of the molecule is COc1cc(/C=C2/SC(N3CCN(CCO)CC3)=NC2=O)ccc1Oc1ccc(C#N)cc1C(F)(F)F. The van der Waals surface area contributed by atoms with E-state index in [1.165, 1.54) is 31.0 Å². The lowest BCUT2D eigenvalue weighted by molar-refractivity contribution is -0.138. The molecule has 1 N–H and O–H groups in total. The van der Waals surface area contributed by atoms with Crippen LogP contribution in [0.15, 0.2) is 46.3 Å². The highest BCUT2D eigenvalue weighted by Crippen LogP contribution is 2.41. The number of halogens is 3. The molecule has 4 rings (SSSR count). The molecule has 2 aromatic rings. The molecule has 37 heavy (non-hydrogen) atoms. The highest BCUT2D eigenvalue weighted by molar-refractivity contribution is 8.18. The standard InChI is InChI=1S/C25H23F3N4O4S/c1-35-21-13-16(2-5-20(21)36-19-4-3-17(15-29)12-18(19)25(26,27)28)14-22-23(34)30-24(37-22)32-8-6-31(7-9-32)10-11-33/h2-5,12-14,33H,6-11H2,1H3/b22-14+. The minimum atomic E-state index is -4.72. The Labute approximate surface area is 215 Å². The third-order valence-corrected chi connectivity index (χ3v) is 6.83.